The van der Waals surface area contributed by atoms with Gasteiger partial charge in [0.1, 0.15) is 0 Å². The monoisotopic (exact) mass is 405 g/mol. The van der Waals surface area contributed by atoms with Crippen molar-refractivity contribution >= 4 is 29.3 Å². The summed E-state index contributed by atoms with van der Waals surface area (Å²) in [6.07, 6.45) is 2.61. The van der Waals surface area contributed by atoms with E-state index < -0.39 is 0 Å². The van der Waals surface area contributed by atoms with Gasteiger partial charge in [-0.2, -0.15) is 0 Å². The maximum atomic E-state index is 12.5. The Hall–Kier alpha value is -3.48. The smallest absolute Gasteiger partial charge is 0.261 e. The van der Waals surface area contributed by atoms with Crippen LogP contribution in [0.15, 0.2) is 42.5 Å². The van der Waals surface area contributed by atoms with Crippen molar-refractivity contribution in [2.24, 2.45) is 0 Å². The molecular formula is C23H23N3O4. The molecular weight excluding hydrogens is 382 g/mol. The average molecular weight is 405 g/mol. The van der Waals surface area contributed by atoms with E-state index in [1.807, 2.05) is 13.0 Å². The fraction of sp³-hybridized carbons (Fsp3) is 0.304. The average Bonchev–Trinajstić information content (AvgIpc) is 3.51. The number of hydrogen-bond acceptors (Lipinski definition) is 4. The number of benzene rings is 2. The second-order valence-corrected chi connectivity index (χ2v) is 7.79. The van der Waals surface area contributed by atoms with Gasteiger partial charge in [-0.15, -0.1) is 0 Å². The number of carbonyl (C=O) groups excluding carboxylic acids is 4. The molecule has 1 fully saturated rings. The van der Waals surface area contributed by atoms with Gasteiger partial charge in [0.25, 0.3) is 17.7 Å². The second kappa shape index (κ2) is 8.10. The number of amides is 4. The highest BCUT2D eigenvalue weighted by Crippen LogP contribution is 2.24. The minimum absolute atomic E-state index is 0.105. The predicted molar refractivity (Wildman–Crippen MR) is 111 cm³/mol. The zero-order valence-electron chi connectivity index (χ0n) is 16.7. The third kappa shape index (κ3) is 4.25. The fourth-order valence-corrected chi connectivity index (χ4v) is 3.43. The third-order valence-corrected chi connectivity index (χ3v) is 5.26. The van der Waals surface area contributed by atoms with Crippen molar-refractivity contribution in [3.05, 3.63) is 64.7 Å². The molecule has 1 aliphatic heterocycles. The molecule has 4 amide bonds. The highest BCUT2D eigenvalue weighted by atomic mass is 16.2. The Bertz CT molecular complexity index is 1030. The molecule has 1 heterocycles. The molecule has 4 rings (SSSR count). The highest BCUT2D eigenvalue weighted by molar-refractivity contribution is 6.21. The molecule has 2 aromatic rings. The summed E-state index contributed by atoms with van der Waals surface area (Å²) in [5.74, 6) is -0.932. The normalized spacial score (nSPS) is 15.2. The minimum Gasteiger partial charge on any atom is -0.349 e. The number of fused-ring (bicyclic) bond motifs is 1. The number of nitrogens with zero attached hydrogens (tertiary/aromatic N) is 1. The third-order valence-electron chi connectivity index (χ3n) is 5.26. The van der Waals surface area contributed by atoms with Crippen LogP contribution in [0, 0.1) is 6.92 Å². The lowest BCUT2D eigenvalue weighted by molar-refractivity contribution is -0.116. The summed E-state index contributed by atoms with van der Waals surface area (Å²) in [6.45, 7) is 2.07. The standard InChI is InChI=1S/C23H23N3O4/c1-14-4-11-18-19(13-14)23(30)26(22(18)29)12-2-3-20(27)24-16-7-5-15(6-8-16)21(28)25-17-9-10-17/h4-8,11,13,17H,2-3,9-10,12H2,1H3,(H,24,27)(H,25,28). The molecule has 0 unspecified atom stereocenters. The number of imide groups is 1. The Labute approximate surface area is 174 Å². The summed E-state index contributed by atoms with van der Waals surface area (Å²) in [4.78, 5) is 50.3. The van der Waals surface area contributed by atoms with Gasteiger partial charge in [0.15, 0.2) is 0 Å². The first kappa shape index (κ1) is 19.8. The first-order valence-electron chi connectivity index (χ1n) is 10.1. The summed E-state index contributed by atoms with van der Waals surface area (Å²) < 4.78 is 0. The van der Waals surface area contributed by atoms with Crippen LogP contribution in [-0.4, -0.2) is 41.1 Å². The van der Waals surface area contributed by atoms with Crippen LogP contribution in [0.3, 0.4) is 0 Å². The molecule has 0 radical (unpaired) electrons. The first-order chi connectivity index (χ1) is 14.4. The molecule has 30 heavy (non-hydrogen) atoms. The summed E-state index contributed by atoms with van der Waals surface area (Å²) in [6, 6.07) is 12.2. The maximum Gasteiger partial charge on any atom is 0.261 e. The van der Waals surface area contributed by atoms with Crippen LogP contribution in [0.5, 0.6) is 0 Å². The van der Waals surface area contributed by atoms with Crippen molar-refractivity contribution in [2.75, 3.05) is 11.9 Å². The summed E-state index contributed by atoms with van der Waals surface area (Å²) >= 11 is 0. The van der Waals surface area contributed by atoms with E-state index in [1.54, 1.807) is 36.4 Å². The molecule has 0 bridgehead atoms. The Morgan fingerprint density at radius 3 is 2.40 bits per heavy atom. The number of aryl methyl sites for hydroxylation is 1. The van der Waals surface area contributed by atoms with E-state index in [2.05, 4.69) is 10.6 Å². The summed E-state index contributed by atoms with van der Waals surface area (Å²) in [5, 5.41) is 5.69. The first-order valence-corrected chi connectivity index (χ1v) is 10.1. The molecule has 0 saturated heterocycles. The van der Waals surface area contributed by atoms with Crippen LogP contribution in [0.25, 0.3) is 0 Å². The lowest BCUT2D eigenvalue weighted by atomic mass is 10.1. The Kier molecular flexibility index (Phi) is 5.35. The van der Waals surface area contributed by atoms with Crippen molar-refractivity contribution in [1.29, 1.82) is 0 Å². The molecule has 1 saturated carbocycles. The molecule has 0 spiro atoms. The van der Waals surface area contributed by atoms with E-state index in [-0.39, 0.29) is 36.6 Å². The number of carbonyl (C=O) groups is 4. The molecule has 1 aliphatic carbocycles. The molecule has 7 heteroatoms. The zero-order chi connectivity index (χ0) is 21.3. The zero-order valence-corrected chi connectivity index (χ0v) is 16.7. The van der Waals surface area contributed by atoms with Gasteiger partial charge in [-0.05, 0) is 62.6 Å². The van der Waals surface area contributed by atoms with Crippen LogP contribution >= 0.6 is 0 Å². The molecule has 0 aromatic heterocycles. The number of rotatable bonds is 7. The molecule has 7 nitrogen and oxygen atoms in total. The van der Waals surface area contributed by atoms with E-state index in [9.17, 15) is 19.2 Å². The van der Waals surface area contributed by atoms with Crippen molar-refractivity contribution in [3.63, 3.8) is 0 Å². The lowest BCUT2D eigenvalue weighted by Gasteiger charge is -2.13. The molecule has 2 aromatic carbocycles. The highest BCUT2D eigenvalue weighted by Gasteiger charge is 2.35. The molecule has 154 valence electrons. The number of hydrogen-bond donors (Lipinski definition) is 2. The van der Waals surface area contributed by atoms with Crippen LogP contribution in [0.1, 0.15) is 62.3 Å². The van der Waals surface area contributed by atoms with Crippen molar-refractivity contribution in [1.82, 2.24) is 10.2 Å². The summed E-state index contributed by atoms with van der Waals surface area (Å²) in [5.41, 5.74) is 2.92. The van der Waals surface area contributed by atoms with E-state index in [0.717, 1.165) is 18.4 Å². The van der Waals surface area contributed by atoms with Crippen molar-refractivity contribution < 1.29 is 19.2 Å². The van der Waals surface area contributed by atoms with Crippen LogP contribution < -0.4 is 10.6 Å². The summed E-state index contributed by atoms with van der Waals surface area (Å²) in [7, 11) is 0. The Balaban J connectivity index is 1.26. The minimum atomic E-state index is -0.310. The largest absolute Gasteiger partial charge is 0.349 e. The van der Waals surface area contributed by atoms with Gasteiger partial charge in [0.2, 0.25) is 5.91 Å². The SMILES string of the molecule is Cc1ccc2c(c1)C(=O)N(CCCC(=O)Nc1ccc(C(=O)NC3CC3)cc1)C2=O. The molecule has 2 N–H and O–H groups in total. The van der Waals surface area contributed by atoms with Crippen LogP contribution in [-0.2, 0) is 4.79 Å². The van der Waals surface area contributed by atoms with E-state index >= 15 is 0 Å². The van der Waals surface area contributed by atoms with Gasteiger partial charge in [-0.25, -0.2) is 0 Å². The van der Waals surface area contributed by atoms with Gasteiger partial charge < -0.3 is 10.6 Å². The van der Waals surface area contributed by atoms with E-state index in [4.69, 9.17) is 0 Å². The van der Waals surface area contributed by atoms with Gasteiger partial charge >= 0.3 is 0 Å². The maximum absolute atomic E-state index is 12.5. The van der Waals surface area contributed by atoms with Crippen LogP contribution in [0.4, 0.5) is 5.69 Å². The number of anilines is 1. The van der Waals surface area contributed by atoms with Gasteiger partial charge in [0, 0.05) is 30.3 Å². The van der Waals surface area contributed by atoms with Gasteiger partial charge in [-0.1, -0.05) is 11.6 Å². The number of nitrogens with one attached hydrogen (secondary N) is 2. The van der Waals surface area contributed by atoms with Gasteiger partial charge in [0.05, 0.1) is 11.1 Å². The van der Waals surface area contributed by atoms with Crippen molar-refractivity contribution in [2.45, 2.75) is 38.6 Å². The Morgan fingerprint density at radius 2 is 1.70 bits per heavy atom. The molecule has 0 atom stereocenters. The van der Waals surface area contributed by atoms with E-state index in [0.29, 0.717) is 34.8 Å². The topological polar surface area (TPSA) is 95.6 Å². The predicted octanol–water partition coefficient (Wildman–Crippen LogP) is 2.90. The van der Waals surface area contributed by atoms with Crippen LogP contribution in [0.2, 0.25) is 0 Å². The van der Waals surface area contributed by atoms with Crippen molar-refractivity contribution in [3.8, 4) is 0 Å². The quantitative estimate of drug-likeness (QED) is 0.693. The molecule has 2 aliphatic rings. The van der Waals surface area contributed by atoms with E-state index in [1.165, 1.54) is 4.90 Å². The van der Waals surface area contributed by atoms with Gasteiger partial charge in [-0.3, -0.25) is 24.1 Å². The Morgan fingerprint density at radius 1 is 1.00 bits per heavy atom. The lowest BCUT2D eigenvalue weighted by Crippen LogP contribution is -2.31. The second-order valence-electron chi connectivity index (χ2n) is 7.79. The fourth-order valence-electron chi connectivity index (χ4n) is 3.43.